The number of guanidine groups is 1. The molecule has 170 valence electrons. The molecule has 0 aromatic heterocycles. The molecule has 1 unspecified atom stereocenters. The summed E-state index contributed by atoms with van der Waals surface area (Å²) in [5.74, 6) is 2.19. The van der Waals surface area contributed by atoms with E-state index in [9.17, 15) is 4.79 Å². The van der Waals surface area contributed by atoms with Crippen molar-refractivity contribution in [3.8, 4) is 11.5 Å². The second-order valence-electron chi connectivity index (χ2n) is 7.94. The van der Waals surface area contributed by atoms with Gasteiger partial charge < -0.3 is 25.4 Å². The third-order valence-electron chi connectivity index (χ3n) is 4.62. The number of amides is 1. The van der Waals surface area contributed by atoms with Crippen molar-refractivity contribution in [3.05, 3.63) is 23.8 Å². The molecule has 0 radical (unpaired) electrons. The monoisotopic (exact) mass is 420 g/mol. The molecule has 1 amide bonds. The van der Waals surface area contributed by atoms with E-state index in [0.717, 1.165) is 29.9 Å². The Morgan fingerprint density at radius 1 is 1.07 bits per heavy atom. The summed E-state index contributed by atoms with van der Waals surface area (Å²) in [7, 11) is 1.72. The Morgan fingerprint density at radius 3 is 2.27 bits per heavy atom. The maximum Gasteiger partial charge on any atom is 0.227 e. The number of rotatable bonds is 12. The first-order valence-corrected chi connectivity index (χ1v) is 10.9. The lowest BCUT2D eigenvalue weighted by Crippen LogP contribution is -2.48. The molecule has 0 saturated heterocycles. The zero-order valence-electron chi connectivity index (χ0n) is 19.7. The van der Waals surface area contributed by atoms with Gasteiger partial charge in [0.25, 0.3) is 0 Å². The third-order valence-corrected chi connectivity index (χ3v) is 4.62. The minimum absolute atomic E-state index is 0.00650. The van der Waals surface area contributed by atoms with Crippen LogP contribution >= 0.6 is 0 Å². The summed E-state index contributed by atoms with van der Waals surface area (Å²) in [5, 5.41) is 9.52. The van der Waals surface area contributed by atoms with Crippen molar-refractivity contribution < 1.29 is 14.3 Å². The Morgan fingerprint density at radius 2 is 1.70 bits per heavy atom. The van der Waals surface area contributed by atoms with E-state index in [-0.39, 0.29) is 11.9 Å². The van der Waals surface area contributed by atoms with Crippen LogP contribution in [0.3, 0.4) is 0 Å². The van der Waals surface area contributed by atoms with Crippen LogP contribution < -0.4 is 25.4 Å². The average molecular weight is 421 g/mol. The minimum atomic E-state index is -0.545. The van der Waals surface area contributed by atoms with E-state index < -0.39 is 5.41 Å². The van der Waals surface area contributed by atoms with Gasteiger partial charge in [-0.1, -0.05) is 19.9 Å². The first kappa shape index (κ1) is 25.6. The molecule has 1 aromatic rings. The number of carbonyl (C=O) groups excluding carboxylic acids is 1. The van der Waals surface area contributed by atoms with Crippen LogP contribution in [-0.4, -0.2) is 45.2 Å². The smallest absolute Gasteiger partial charge is 0.227 e. The number of hydrogen-bond acceptors (Lipinski definition) is 4. The van der Waals surface area contributed by atoms with E-state index in [1.165, 1.54) is 0 Å². The molecule has 0 aliphatic rings. The molecule has 0 saturated carbocycles. The first-order valence-electron chi connectivity index (χ1n) is 10.9. The number of aliphatic imine (C=N–C) groups is 1. The molecule has 0 spiro atoms. The lowest BCUT2D eigenvalue weighted by atomic mass is 9.92. The van der Waals surface area contributed by atoms with Gasteiger partial charge in [-0.15, -0.1) is 0 Å². The molecule has 0 aliphatic heterocycles. The van der Waals surface area contributed by atoms with E-state index in [0.29, 0.717) is 32.3 Å². The van der Waals surface area contributed by atoms with Crippen molar-refractivity contribution in [3.63, 3.8) is 0 Å². The lowest BCUT2D eigenvalue weighted by Gasteiger charge is -2.26. The summed E-state index contributed by atoms with van der Waals surface area (Å²) in [6.45, 7) is 14.4. The maximum absolute atomic E-state index is 12.2. The van der Waals surface area contributed by atoms with Crippen molar-refractivity contribution in [2.75, 3.05) is 33.4 Å². The lowest BCUT2D eigenvalue weighted by molar-refractivity contribution is -0.128. The molecule has 1 aromatic carbocycles. The number of nitrogens with one attached hydrogen (secondary N) is 3. The average Bonchev–Trinajstić information content (AvgIpc) is 2.73. The van der Waals surface area contributed by atoms with E-state index in [2.05, 4.69) is 41.7 Å². The van der Waals surface area contributed by atoms with Gasteiger partial charge in [0.1, 0.15) is 0 Å². The topological polar surface area (TPSA) is 84.0 Å². The number of nitrogens with zero attached hydrogens (tertiary/aromatic N) is 1. The Bertz CT molecular complexity index is 689. The summed E-state index contributed by atoms with van der Waals surface area (Å²) in [6.07, 6.45) is 1.88. The van der Waals surface area contributed by atoms with E-state index >= 15 is 0 Å². The molecule has 0 heterocycles. The maximum atomic E-state index is 12.2. The Labute approximate surface area is 182 Å². The molecule has 3 N–H and O–H groups in total. The first-order chi connectivity index (χ1) is 14.3. The fraction of sp³-hybridized carbons (Fsp3) is 0.652. The van der Waals surface area contributed by atoms with Crippen LogP contribution in [0, 0.1) is 5.41 Å². The van der Waals surface area contributed by atoms with Gasteiger partial charge in [0.05, 0.1) is 24.7 Å². The standard InChI is InChI=1S/C23H40N4O3/c1-8-13-29-19-12-11-18(15-20(19)30-14-9-2)17(4)27-22(24-7)26-16-23(5,6)21(28)25-10-3/h11-12,15,17H,8-10,13-14,16H2,1-7H3,(H,25,28)(H2,24,26,27). The predicted octanol–water partition coefficient (Wildman–Crippen LogP) is 3.65. The number of ether oxygens (including phenoxy) is 2. The highest BCUT2D eigenvalue weighted by molar-refractivity contribution is 5.84. The van der Waals surface area contributed by atoms with Gasteiger partial charge in [-0.3, -0.25) is 9.79 Å². The van der Waals surface area contributed by atoms with Crippen molar-refractivity contribution in [2.45, 2.75) is 60.4 Å². The molecule has 30 heavy (non-hydrogen) atoms. The fourth-order valence-electron chi connectivity index (χ4n) is 2.72. The second-order valence-corrected chi connectivity index (χ2v) is 7.94. The normalized spacial score (nSPS) is 12.8. The molecule has 0 aliphatic carbocycles. The number of carbonyl (C=O) groups is 1. The molecular formula is C23H40N4O3. The summed E-state index contributed by atoms with van der Waals surface area (Å²) in [6, 6.07) is 6.01. The summed E-state index contributed by atoms with van der Waals surface area (Å²) in [5.41, 5.74) is 0.520. The van der Waals surface area contributed by atoms with Crippen molar-refractivity contribution in [1.29, 1.82) is 0 Å². The largest absolute Gasteiger partial charge is 0.490 e. The van der Waals surface area contributed by atoms with Crippen LogP contribution in [0.1, 0.15) is 66.0 Å². The van der Waals surface area contributed by atoms with Crippen LogP contribution in [0.2, 0.25) is 0 Å². The minimum Gasteiger partial charge on any atom is -0.490 e. The highest BCUT2D eigenvalue weighted by atomic mass is 16.5. The molecule has 0 fully saturated rings. The fourth-order valence-corrected chi connectivity index (χ4v) is 2.72. The van der Waals surface area contributed by atoms with Crippen LogP contribution in [0.15, 0.2) is 23.2 Å². The van der Waals surface area contributed by atoms with Crippen LogP contribution in [0.4, 0.5) is 0 Å². The number of hydrogen-bond donors (Lipinski definition) is 3. The van der Waals surface area contributed by atoms with E-state index in [1.54, 1.807) is 7.05 Å². The zero-order chi connectivity index (χ0) is 22.6. The molecule has 7 nitrogen and oxygen atoms in total. The van der Waals surface area contributed by atoms with Gasteiger partial charge in [0.2, 0.25) is 5.91 Å². The van der Waals surface area contributed by atoms with Crippen molar-refractivity contribution in [1.82, 2.24) is 16.0 Å². The summed E-state index contributed by atoms with van der Waals surface area (Å²) in [4.78, 5) is 16.5. The van der Waals surface area contributed by atoms with Gasteiger partial charge in [-0.05, 0) is 58.2 Å². The van der Waals surface area contributed by atoms with Crippen LogP contribution in [0.5, 0.6) is 11.5 Å². The Kier molecular flexibility index (Phi) is 11.1. The molecular weight excluding hydrogens is 380 g/mol. The van der Waals surface area contributed by atoms with Gasteiger partial charge in [-0.25, -0.2) is 0 Å². The second kappa shape index (κ2) is 13.0. The quantitative estimate of drug-likeness (QED) is 0.355. The van der Waals surface area contributed by atoms with Gasteiger partial charge in [-0.2, -0.15) is 0 Å². The van der Waals surface area contributed by atoms with Crippen molar-refractivity contribution >= 4 is 11.9 Å². The number of benzene rings is 1. The van der Waals surface area contributed by atoms with Gasteiger partial charge in [0, 0.05) is 20.1 Å². The third kappa shape index (κ3) is 8.13. The molecule has 7 heteroatoms. The SMILES string of the molecule is CCCOc1ccc(C(C)NC(=NC)NCC(C)(C)C(=O)NCC)cc1OCCC. The zero-order valence-corrected chi connectivity index (χ0v) is 19.7. The van der Waals surface area contributed by atoms with Crippen LogP contribution in [0.25, 0.3) is 0 Å². The van der Waals surface area contributed by atoms with Gasteiger partial charge in [0.15, 0.2) is 17.5 Å². The molecule has 0 bridgehead atoms. The van der Waals surface area contributed by atoms with Gasteiger partial charge >= 0.3 is 0 Å². The van der Waals surface area contributed by atoms with E-state index in [4.69, 9.17) is 9.47 Å². The highest BCUT2D eigenvalue weighted by Crippen LogP contribution is 2.31. The molecule has 1 rings (SSSR count). The molecule has 1 atom stereocenters. The summed E-state index contributed by atoms with van der Waals surface area (Å²) >= 11 is 0. The van der Waals surface area contributed by atoms with Crippen molar-refractivity contribution in [2.24, 2.45) is 10.4 Å². The van der Waals surface area contributed by atoms with E-state index in [1.807, 2.05) is 39.0 Å². The highest BCUT2D eigenvalue weighted by Gasteiger charge is 2.27. The summed E-state index contributed by atoms with van der Waals surface area (Å²) < 4.78 is 11.7. The predicted molar refractivity (Wildman–Crippen MR) is 123 cm³/mol. The van der Waals surface area contributed by atoms with Crippen LogP contribution in [-0.2, 0) is 4.79 Å². The Hall–Kier alpha value is -2.44. The Balaban J connectivity index is 2.83.